The summed E-state index contributed by atoms with van der Waals surface area (Å²) in [5.74, 6) is 1.35. The Hall–Kier alpha value is -8.85. The van der Waals surface area contributed by atoms with E-state index in [-0.39, 0.29) is 6.71 Å². The smallest absolute Gasteiger partial charge is 0.256 e. The molecule has 0 unspecified atom stereocenters. The second-order valence-electron chi connectivity index (χ2n) is 17.1. The van der Waals surface area contributed by atoms with Crippen LogP contribution in [0.4, 0.5) is 17.1 Å². The van der Waals surface area contributed by atoms with Crippen molar-refractivity contribution in [3.8, 4) is 67.8 Å². The Bertz CT molecular complexity index is 3680. The van der Waals surface area contributed by atoms with E-state index in [0.717, 1.165) is 94.9 Å². The van der Waals surface area contributed by atoms with Crippen molar-refractivity contribution in [2.24, 2.45) is 0 Å². The van der Waals surface area contributed by atoms with Crippen molar-refractivity contribution >= 4 is 62.0 Å². The Balaban J connectivity index is 1.17. The van der Waals surface area contributed by atoms with Crippen LogP contribution in [0.1, 0.15) is 5.56 Å². The number of ether oxygens (including phenoxy) is 1. The lowest BCUT2D eigenvalue weighted by Crippen LogP contribution is -2.59. The van der Waals surface area contributed by atoms with Gasteiger partial charge in [0.15, 0.2) is 0 Å². The SMILES string of the molecule is N#Cc1cc(-c2ccccc2)cc2c1Oc1cc(-c3ccccc3)cc3c1B2c1cc(-c2ccccc2)c(-n2c4ccccc4c4ccccc42)cc1N3c1ccc(-c2ccccc2)cc1. The second-order valence-corrected chi connectivity index (χ2v) is 17.1. The summed E-state index contributed by atoms with van der Waals surface area (Å²) in [6, 6.07) is 84.7. The van der Waals surface area contributed by atoms with Gasteiger partial charge < -0.3 is 14.2 Å². The number of nitrogens with zero attached hydrogens (tertiary/aromatic N) is 3. The van der Waals surface area contributed by atoms with Crippen LogP contribution in [0.15, 0.2) is 231 Å². The largest absolute Gasteiger partial charge is 0.457 e. The van der Waals surface area contributed by atoms with Gasteiger partial charge in [-0.1, -0.05) is 182 Å². The van der Waals surface area contributed by atoms with Gasteiger partial charge in [-0.25, -0.2) is 0 Å². The molecule has 0 N–H and O–H groups in total. The van der Waals surface area contributed by atoms with Crippen molar-refractivity contribution in [3.63, 3.8) is 0 Å². The van der Waals surface area contributed by atoms with Crippen LogP contribution < -0.4 is 26.0 Å². The predicted molar refractivity (Wildman–Crippen MR) is 273 cm³/mol. The van der Waals surface area contributed by atoms with Crippen LogP contribution in [-0.2, 0) is 0 Å². The number of nitriles is 1. The molecule has 306 valence electrons. The highest BCUT2D eigenvalue weighted by atomic mass is 16.5. The fraction of sp³-hybridized carbons (Fsp3) is 0. The van der Waals surface area contributed by atoms with Crippen molar-refractivity contribution in [2.75, 3.05) is 4.90 Å². The Morgan fingerprint density at radius 1 is 0.409 bits per heavy atom. The summed E-state index contributed by atoms with van der Waals surface area (Å²) in [4.78, 5) is 2.44. The number of anilines is 3. The maximum Gasteiger partial charge on any atom is 0.256 e. The van der Waals surface area contributed by atoms with Gasteiger partial charge in [0, 0.05) is 33.4 Å². The highest BCUT2D eigenvalue weighted by Gasteiger charge is 2.44. The number of fused-ring (bicyclic) bond motifs is 7. The zero-order valence-electron chi connectivity index (χ0n) is 35.8. The summed E-state index contributed by atoms with van der Waals surface area (Å²) >= 11 is 0. The van der Waals surface area contributed by atoms with E-state index >= 15 is 0 Å². The third-order valence-electron chi connectivity index (χ3n) is 13.5. The molecule has 1 aromatic heterocycles. The van der Waals surface area contributed by atoms with Gasteiger partial charge in [0.1, 0.15) is 17.6 Å². The van der Waals surface area contributed by atoms with Crippen molar-refractivity contribution in [2.45, 2.75) is 0 Å². The highest BCUT2D eigenvalue weighted by Crippen LogP contribution is 2.47. The van der Waals surface area contributed by atoms with Gasteiger partial charge in [-0.05, 0) is 104 Å². The van der Waals surface area contributed by atoms with E-state index < -0.39 is 0 Å². The zero-order chi connectivity index (χ0) is 43.7. The number of hydrogen-bond donors (Lipinski definition) is 0. The monoisotopic (exact) mass is 839 g/mol. The first-order valence-electron chi connectivity index (χ1n) is 22.4. The molecule has 2 aliphatic heterocycles. The molecule has 0 aliphatic carbocycles. The van der Waals surface area contributed by atoms with Crippen molar-refractivity contribution in [1.82, 2.24) is 4.57 Å². The Morgan fingerprint density at radius 3 is 1.52 bits per heavy atom. The first kappa shape index (κ1) is 37.7. The van der Waals surface area contributed by atoms with Crippen LogP contribution in [0.3, 0.4) is 0 Å². The molecule has 0 atom stereocenters. The topological polar surface area (TPSA) is 41.2 Å². The lowest BCUT2D eigenvalue weighted by molar-refractivity contribution is 0.486. The number of benzene rings is 10. The average Bonchev–Trinajstić information content (AvgIpc) is 3.73. The summed E-state index contributed by atoms with van der Waals surface area (Å²) in [5.41, 5.74) is 18.8. The number of aromatic nitrogens is 1. The molecule has 2 aliphatic rings. The van der Waals surface area contributed by atoms with Gasteiger partial charge in [-0.2, -0.15) is 5.26 Å². The highest BCUT2D eigenvalue weighted by molar-refractivity contribution is 6.99. The molecule has 0 bridgehead atoms. The summed E-state index contributed by atoms with van der Waals surface area (Å²) in [6.07, 6.45) is 0. The maximum absolute atomic E-state index is 10.9. The van der Waals surface area contributed by atoms with E-state index in [1.807, 2.05) is 12.1 Å². The van der Waals surface area contributed by atoms with Crippen LogP contribution in [0.25, 0.3) is 72.0 Å². The number of para-hydroxylation sites is 2. The van der Waals surface area contributed by atoms with Gasteiger partial charge >= 0.3 is 0 Å². The van der Waals surface area contributed by atoms with Gasteiger partial charge in [0.05, 0.1) is 22.3 Å². The molecule has 0 amide bonds. The lowest BCUT2D eigenvalue weighted by atomic mass is 9.33. The van der Waals surface area contributed by atoms with Crippen LogP contribution in [0, 0.1) is 11.3 Å². The van der Waals surface area contributed by atoms with Crippen molar-refractivity contribution < 1.29 is 4.74 Å². The van der Waals surface area contributed by atoms with Gasteiger partial charge in [-0.3, -0.25) is 0 Å². The van der Waals surface area contributed by atoms with E-state index in [4.69, 9.17) is 4.74 Å². The third-order valence-corrected chi connectivity index (χ3v) is 13.5. The Morgan fingerprint density at radius 2 is 0.924 bits per heavy atom. The molecule has 0 saturated carbocycles. The molecule has 0 spiro atoms. The molecule has 4 nitrogen and oxygen atoms in total. The summed E-state index contributed by atoms with van der Waals surface area (Å²) in [6.45, 7) is -0.274. The van der Waals surface area contributed by atoms with Gasteiger partial charge in [0.2, 0.25) is 0 Å². The van der Waals surface area contributed by atoms with E-state index in [1.54, 1.807) is 0 Å². The summed E-state index contributed by atoms with van der Waals surface area (Å²) in [5, 5.41) is 13.3. The van der Waals surface area contributed by atoms with Crippen LogP contribution in [0.2, 0.25) is 0 Å². The van der Waals surface area contributed by atoms with Crippen molar-refractivity contribution in [1.29, 1.82) is 5.26 Å². The Kier molecular flexibility index (Phi) is 8.66. The third kappa shape index (κ3) is 5.93. The molecular formula is C61H38BN3O. The standard InChI is InChI=1S/C61H38BN3O/c63-39-47-33-45(41-19-7-2-8-20-41)34-53-61(47)66-59-36-46(42-21-9-3-10-22-42)35-58-60(59)62(53)52-37-51(44-23-11-4-12-24-44)56(65-54-27-15-13-25-49(54)50-26-14-16-28-55(50)65)38-57(52)64(58)48-31-29-43(30-32-48)40-17-5-1-6-18-40/h1-38H. The molecule has 5 heteroatoms. The fourth-order valence-corrected chi connectivity index (χ4v) is 10.5. The number of rotatable bonds is 6. The first-order chi connectivity index (χ1) is 32.7. The number of hydrogen-bond acceptors (Lipinski definition) is 3. The second kappa shape index (κ2) is 15.2. The van der Waals surface area contributed by atoms with E-state index in [2.05, 4.69) is 234 Å². The minimum absolute atomic E-state index is 0.274. The Labute approximate surface area is 383 Å². The van der Waals surface area contributed by atoms with E-state index in [9.17, 15) is 5.26 Å². The van der Waals surface area contributed by atoms with Crippen molar-refractivity contribution in [3.05, 3.63) is 236 Å². The maximum atomic E-state index is 10.9. The lowest BCUT2D eigenvalue weighted by Gasteiger charge is -2.41. The molecule has 3 heterocycles. The summed E-state index contributed by atoms with van der Waals surface area (Å²) < 4.78 is 9.57. The minimum atomic E-state index is -0.274. The van der Waals surface area contributed by atoms with Crippen LogP contribution in [0.5, 0.6) is 11.5 Å². The average molecular weight is 840 g/mol. The van der Waals surface area contributed by atoms with E-state index in [0.29, 0.717) is 11.3 Å². The zero-order valence-corrected chi connectivity index (χ0v) is 35.8. The quantitative estimate of drug-likeness (QED) is 0.157. The normalized spacial score (nSPS) is 12.3. The molecule has 0 radical (unpaired) electrons. The molecule has 13 rings (SSSR count). The van der Waals surface area contributed by atoms with Gasteiger partial charge in [0.25, 0.3) is 6.71 Å². The molecular weight excluding hydrogens is 802 g/mol. The van der Waals surface area contributed by atoms with Gasteiger partial charge in [-0.15, -0.1) is 0 Å². The first-order valence-corrected chi connectivity index (χ1v) is 22.4. The van der Waals surface area contributed by atoms with Crippen LogP contribution >= 0.6 is 0 Å². The molecule has 66 heavy (non-hydrogen) atoms. The van der Waals surface area contributed by atoms with E-state index in [1.165, 1.54) is 16.3 Å². The predicted octanol–water partition coefficient (Wildman–Crippen LogP) is 13.7. The minimum Gasteiger partial charge on any atom is -0.457 e. The molecule has 11 aromatic rings. The fourth-order valence-electron chi connectivity index (χ4n) is 10.5. The molecule has 10 aromatic carbocycles. The summed E-state index contributed by atoms with van der Waals surface area (Å²) in [7, 11) is 0. The molecule has 0 saturated heterocycles. The van der Waals surface area contributed by atoms with Crippen LogP contribution in [-0.4, -0.2) is 11.3 Å². The molecule has 0 fully saturated rings.